The van der Waals surface area contributed by atoms with Crippen LogP contribution in [0.3, 0.4) is 0 Å². The van der Waals surface area contributed by atoms with Gasteiger partial charge in [-0.2, -0.15) is 0 Å². The fourth-order valence-electron chi connectivity index (χ4n) is 2.89. The number of carbonyl (C=O) groups is 1. The molecule has 0 aromatic heterocycles. The number of hydrogen-bond acceptors (Lipinski definition) is 1. The van der Waals surface area contributed by atoms with Crippen molar-refractivity contribution in [1.29, 1.82) is 0 Å². The third kappa shape index (κ3) is 5.45. The van der Waals surface area contributed by atoms with E-state index in [0.717, 1.165) is 12.0 Å². The molecule has 0 aliphatic carbocycles. The summed E-state index contributed by atoms with van der Waals surface area (Å²) in [6.07, 6.45) is 1.30. The molecule has 0 aliphatic rings. The lowest BCUT2D eigenvalue weighted by molar-refractivity contribution is -0.121. The molecule has 2 rings (SSSR count). The summed E-state index contributed by atoms with van der Waals surface area (Å²) in [6, 6.07) is 15.0. The zero-order valence-corrected chi connectivity index (χ0v) is 16.4. The monoisotopic (exact) mass is 337 g/mol. The van der Waals surface area contributed by atoms with E-state index in [1.54, 1.807) is 0 Å². The Balaban J connectivity index is 1.90. The molecule has 1 amide bonds. The van der Waals surface area contributed by atoms with Gasteiger partial charge in [-0.05, 0) is 60.4 Å². The summed E-state index contributed by atoms with van der Waals surface area (Å²) in [7, 11) is 0. The smallest absolute Gasteiger partial charge is 0.220 e. The average molecular weight is 338 g/mol. The van der Waals surface area contributed by atoms with Gasteiger partial charge in [-0.3, -0.25) is 4.79 Å². The quantitative estimate of drug-likeness (QED) is 0.776. The van der Waals surface area contributed by atoms with Crippen LogP contribution in [0.25, 0.3) is 0 Å². The molecule has 0 saturated carbocycles. The highest BCUT2D eigenvalue weighted by Crippen LogP contribution is 2.24. The number of aryl methyl sites for hydroxylation is 3. The third-order valence-corrected chi connectivity index (χ3v) is 4.87. The molecule has 25 heavy (non-hydrogen) atoms. The van der Waals surface area contributed by atoms with Crippen LogP contribution < -0.4 is 5.32 Å². The molecular formula is C23H31NO. The van der Waals surface area contributed by atoms with Crippen LogP contribution >= 0.6 is 0 Å². The maximum absolute atomic E-state index is 12.3. The highest BCUT2D eigenvalue weighted by atomic mass is 16.1. The summed E-state index contributed by atoms with van der Waals surface area (Å²) in [5, 5.41) is 3.11. The van der Waals surface area contributed by atoms with E-state index in [0.29, 0.717) is 6.42 Å². The van der Waals surface area contributed by atoms with Gasteiger partial charge in [0.15, 0.2) is 0 Å². The van der Waals surface area contributed by atoms with Gasteiger partial charge in [-0.25, -0.2) is 0 Å². The first-order chi connectivity index (χ1) is 11.7. The van der Waals surface area contributed by atoms with Gasteiger partial charge >= 0.3 is 0 Å². The Kier molecular flexibility index (Phi) is 6.05. The summed E-state index contributed by atoms with van der Waals surface area (Å²) >= 11 is 0. The maximum Gasteiger partial charge on any atom is 0.220 e. The van der Waals surface area contributed by atoms with Crippen LogP contribution in [-0.4, -0.2) is 5.91 Å². The molecule has 2 aromatic carbocycles. The Morgan fingerprint density at radius 3 is 2.20 bits per heavy atom. The fourth-order valence-corrected chi connectivity index (χ4v) is 2.89. The molecule has 0 aliphatic heterocycles. The van der Waals surface area contributed by atoms with Crippen molar-refractivity contribution in [3.05, 3.63) is 70.3 Å². The summed E-state index contributed by atoms with van der Waals surface area (Å²) in [5.41, 5.74) is 6.40. The topological polar surface area (TPSA) is 29.1 Å². The van der Waals surface area contributed by atoms with Crippen LogP contribution in [0.1, 0.15) is 68.0 Å². The van der Waals surface area contributed by atoms with Crippen molar-refractivity contribution in [1.82, 2.24) is 5.32 Å². The lowest BCUT2D eigenvalue weighted by Crippen LogP contribution is -2.26. The van der Waals surface area contributed by atoms with Crippen molar-refractivity contribution in [3.63, 3.8) is 0 Å². The Labute approximate surface area is 152 Å². The first kappa shape index (κ1) is 19.2. The van der Waals surface area contributed by atoms with Crippen LogP contribution in [0, 0.1) is 13.8 Å². The second-order valence-corrected chi connectivity index (χ2v) is 8.08. The first-order valence-electron chi connectivity index (χ1n) is 9.13. The lowest BCUT2D eigenvalue weighted by atomic mass is 9.86. The molecule has 0 heterocycles. The molecule has 0 spiro atoms. The maximum atomic E-state index is 12.3. The zero-order chi connectivity index (χ0) is 18.6. The van der Waals surface area contributed by atoms with Crippen molar-refractivity contribution in [2.24, 2.45) is 0 Å². The predicted octanol–water partition coefficient (Wildman–Crippen LogP) is 5.41. The largest absolute Gasteiger partial charge is 0.350 e. The van der Waals surface area contributed by atoms with Crippen molar-refractivity contribution in [2.75, 3.05) is 0 Å². The van der Waals surface area contributed by atoms with Crippen LogP contribution in [0.4, 0.5) is 0 Å². The minimum Gasteiger partial charge on any atom is -0.350 e. The summed E-state index contributed by atoms with van der Waals surface area (Å²) in [5.74, 6) is 0.102. The number of hydrogen-bond donors (Lipinski definition) is 1. The van der Waals surface area contributed by atoms with Gasteiger partial charge in [0.25, 0.3) is 0 Å². The third-order valence-electron chi connectivity index (χ3n) is 4.87. The van der Waals surface area contributed by atoms with E-state index in [1.165, 1.54) is 22.3 Å². The van der Waals surface area contributed by atoms with Crippen molar-refractivity contribution in [2.45, 2.75) is 65.8 Å². The number of nitrogens with one attached hydrogen (secondary N) is 1. The van der Waals surface area contributed by atoms with Gasteiger partial charge in [-0.15, -0.1) is 0 Å². The normalized spacial score (nSPS) is 12.7. The number of amides is 1. The van der Waals surface area contributed by atoms with Crippen LogP contribution in [0.2, 0.25) is 0 Å². The molecule has 2 aromatic rings. The van der Waals surface area contributed by atoms with Gasteiger partial charge in [0, 0.05) is 6.42 Å². The molecule has 0 fully saturated rings. The Bertz CT molecular complexity index is 723. The molecule has 2 heteroatoms. The van der Waals surface area contributed by atoms with Crippen LogP contribution in [0.5, 0.6) is 0 Å². The lowest BCUT2D eigenvalue weighted by Gasteiger charge is -2.20. The minimum atomic E-state index is 0.0290. The van der Waals surface area contributed by atoms with E-state index >= 15 is 0 Å². The Hall–Kier alpha value is -2.09. The first-order valence-corrected chi connectivity index (χ1v) is 9.13. The van der Waals surface area contributed by atoms with Crippen molar-refractivity contribution >= 4 is 5.91 Å². The van der Waals surface area contributed by atoms with E-state index in [1.807, 2.05) is 6.92 Å². The van der Waals surface area contributed by atoms with Crippen molar-refractivity contribution < 1.29 is 4.79 Å². The molecule has 0 unspecified atom stereocenters. The molecule has 0 radical (unpaired) electrons. The molecule has 0 saturated heterocycles. The summed E-state index contributed by atoms with van der Waals surface area (Å²) in [6.45, 7) is 12.9. The SMILES string of the molecule is Cc1ccc(CCC(=O)N[C@H](C)c2ccc(C(C)(C)C)cc2)cc1C. The fraction of sp³-hybridized carbons (Fsp3) is 0.435. The number of rotatable bonds is 5. The Morgan fingerprint density at radius 1 is 1.00 bits per heavy atom. The van der Waals surface area contributed by atoms with Gasteiger partial charge in [0.05, 0.1) is 6.04 Å². The predicted molar refractivity (Wildman–Crippen MR) is 106 cm³/mol. The van der Waals surface area contributed by atoms with E-state index in [2.05, 4.69) is 82.4 Å². The molecule has 2 nitrogen and oxygen atoms in total. The number of carbonyl (C=O) groups excluding carboxylic acids is 1. The molecule has 1 atom stereocenters. The van der Waals surface area contributed by atoms with Gasteiger partial charge in [0.2, 0.25) is 5.91 Å². The van der Waals surface area contributed by atoms with E-state index in [9.17, 15) is 4.79 Å². The second-order valence-electron chi connectivity index (χ2n) is 8.08. The van der Waals surface area contributed by atoms with E-state index in [4.69, 9.17) is 0 Å². The van der Waals surface area contributed by atoms with E-state index < -0.39 is 0 Å². The highest BCUT2D eigenvalue weighted by Gasteiger charge is 2.15. The number of benzene rings is 2. The molecule has 134 valence electrons. The van der Waals surface area contributed by atoms with E-state index in [-0.39, 0.29) is 17.4 Å². The van der Waals surface area contributed by atoms with Crippen LogP contribution in [0.15, 0.2) is 42.5 Å². The zero-order valence-electron chi connectivity index (χ0n) is 16.4. The summed E-state index contributed by atoms with van der Waals surface area (Å²) < 4.78 is 0. The average Bonchev–Trinajstić information content (AvgIpc) is 2.55. The second kappa shape index (κ2) is 7.86. The van der Waals surface area contributed by atoms with Gasteiger partial charge < -0.3 is 5.32 Å². The molecule has 0 bridgehead atoms. The van der Waals surface area contributed by atoms with Gasteiger partial charge in [-0.1, -0.05) is 63.2 Å². The standard InChI is InChI=1S/C23H31NO/c1-16-7-8-19(15-17(16)2)9-14-22(25)24-18(3)20-10-12-21(13-11-20)23(4,5)6/h7-8,10-13,15,18H,9,14H2,1-6H3,(H,24,25)/t18-/m1/s1. The van der Waals surface area contributed by atoms with Gasteiger partial charge in [0.1, 0.15) is 0 Å². The molecule has 1 N–H and O–H groups in total. The highest BCUT2D eigenvalue weighted by molar-refractivity contribution is 5.76. The van der Waals surface area contributed by atoms with Crippen LogP contribution in [-0.2, 0) is 16.6 Å². The molecular weight excluding hydrogens is 306 g/mol. The van der Waals surface area contributed by atoms with Crippen molar-refractivity contribution in [3.8, 4) is 0 Å². The summed E-state index contributed by atoms with van der Waals surface area (Å²) in [4.78, 5) is 12.3. The Morgan fingerprint density at radius 2 is 1.64 bits per heavy atom. The minimum absolute atomic E-state index is 0.0290.